The van der Waals surface area contributed by atoms with E-state index in [1.54, 1.807) is 0 Å². The van der Waals surface area contributed by atoms with Crippen molar-refractivity contribution in [2.75, 3.05) is 0 Å². The van der Waals surface area contributed by atoms with Crippen LogP contribution in [0, 0.1) is 0 Å². The summed E-state index contributed by atoms with van der Waals surface area (Å²) in [6, 6.07) is 73.2. The molecule has 2 aromatic heterocycles. The minimum atomic E-state index is 0.708. The van der Waals surface area contributed by atoms with Crippen molar-refractivity contribution in [1.82, 2.24) is 9.97 Å². The summed E-state index contributed by atoms with van der Waals surface area (Å²) in [5.74, 6) is 0.708. The van der Waals surface area contributed by atoms with Crippen molar-refractivity contribution in [1.29, 1.82) is 0 Å². The first kappa shape index (κ1) is 33.3. The number of benzene rings is 10. The molecule has 10 aromatic carbocycles. The van der Waals surface area contributed by atoms with Gasteiger partial charge in [-0.25, -0.2) is 9.97 Å². The Balaban J connectivity index is 0.996. The van der Waals surface area contributed by atoms with Crippen LogP contribution in [0.15, 0.2) is 211 Å². The highest BCUT2D eigenvalue weighted by Gasteiger charge is 2.19. The van der Waals surface area contributed by atoms with Gasteiger partial charge < -0.3 is 4.42 Å². The molecule has 0 fully saturated rings. The minimum Gasteiger partial charge on any atom is -0.455 e. The number of para-hydroxylation sites is 1. The fourth-order valence-corrected chi connectivity index (χ4v) is 9.05. The second-order valence-corrected chi connectivity index (χ2v) is 15.3. The van der Waals surface area contributed by atoms with Crippen LogP contribution in [0.2, 0.25) is 0 Å². The molecule has 0 radical (unpaired) electrons. The third-order valence-electron chi connectivity index (χ3n) is 11.9. The fraction of sp³-hybridized carbons (Fsp3) is 0. The number of nitrogens with zero attached hydrogens (tertiary/aromatic N) is 2. The van der Waals surface area contributed by atoms with Crippen molar-refractivity contribution in [3.63, 3.8) is 0 Å². The van der Waals surface area contributed by atoms with Crippen molar-refractivity contribution in [3.8, 4) is 56.2 Å². The second-order valence-electron chi connectivity index (χ2n) is 15.3. The van der Waals surface area contributed by atoms with E-state index in [-0.39, 0.29) is 0 Å². The number of furan rings is 1. The van der Waals surface area contributed by atoms with Crippen molar-refractivity contribution < 1.29 is 4.42 Å². The maximum absolute atomic E-state index is 6.97. The number of fused-ring (bicyclic) bond motifs is 11. The summed E-state index contributed by atoms with van der Waals surface area (Å²) < 4.78 is 6.97. The third kappa shape index (κ3) is 5.44. The first-order valence-corrected chi connectivity index (χ1v) is 20.1. The molecule has 0 aliphatic carbocycles. The highest BCUT2D eigenvalue weighted by atomic mass is 16.3. The highest BCUT2D eigenvalue weighted by molar-refractivity contribution is 6.26. The molecule has 3 nitrogen and oxygen atoms in total. The molecule has 0 aliphatic heterocycles. The van der Waals surface area contributed by atoms with Gasteiger partial charge in [0.15, 0.2) is 5.82 Å². The Bertz CT molecular complexity index is 3500. The minimum absolute atomic E-state index is 0.708. The lowest BCUT2D eigenvalue weighted by Crippen LogP contribution is -1.95. The zero-order valence-electron chi connectivity index (χ0n) is 31.9. The Morgan fingerprint density at radius 2 is 0.729 bits per heavy atom. The number of aromatic nitrogens is 2. The molecule has 274 valence electrons. The molecule has 0 N–H and O–H groups in total. The Labute approximate surface area is 340 Å². The van der Waals surface area contributed by atoms with E-state index in [0.717, 1.165) is 83.0 Å². The molecule has 3 heteroatoms. The standard InChI is InChI=1S/C56H34N2O/c1-3-14-36(15-4-1)52-34-53(58-56(57-52)38-16-5-2-6-17-38)37-28-26-35(27-29-37)49-33-51-48-25-13-24-40(54(48)59-55(51)47-23-12-11-22-45(47)49)39-30-31-46-43-20-8-7-18-41(43)42-19-9-10-21-44(42)50(46)32-39/h1-34H. The molecule has 0 saturated heterocycles. The average molecular weight is 751 g/mol. The van der Waals surface area contributed by atoms with Gasteiger partial charge in [-0.1, -0.05) is 188 Å². The summed E-state index contributed by atoms with van der Waals surface area (Å²) in [5, 5.41) is 12.0. The molecule has 12 rings (SSSR count). The SMILES string of the molecule is c1ccc(-c2cc(-c3ccc(-c4cc5c6cccc(-c7ccc8c9ccccc9c9ccccc9c8c7)c6oc5c5ccccc45)cc3)nc(-c3ccccc3)n2)cc1. The van der Waals surface area contributed by atoms with E-state index in [1.165, 1.54) is 32.3 Å². The van der Waals surface area contributed by atoms with Gasteiger partial charge >= 0.3 is 0 Å². The summed E-state index contributed by atoms with van der Waals surface area (Å²) in [6.45, 7) is 0. The Morgan fingerprint density at radius 3 is 1.39 bits per heavy atom. The molecule has 0 atom stereocenters. The largest absolute Gasteiger partial charge is 0.455 e. The van der Waals surface area contributed by atoms with Crippen LogP contribution in [0.25, 0.3) is 121 Å². The van der Waals surface area contributed by atoms with Gasteiger partial charge in [0.05, 0.1) is 11.4 Å². The van der Waals surface area contributed by atoms with E-state index < -0.39 is 0 Å². The highest BCUT2D eigenvalue weighted by Crippen LogP contribution is 2.44. The van der Waals surface area contributed by atoms with Crippen molar-refractivity contribution >= 4 is 65.0 Å². The molecule has 12 aromatic rings. The monoisotopic (exact) mass is 750 g/mol. The van der Waals surface area contributed by atoms with Gasteiger partial charge in [-0.2, -0.15) is 0 Å². The van der Waals surface area contributed by atoms with Crippen LogP contribution >= 0.6 is 0 Å². The second kappa shape index (κ2) is 13.4. The summed E-state index contributed by atoms with van der Waals surface area (Å²) in [6.07, 6.45) is 0. The zero-order chi connectivity index (χ0) is 38.9. The Hall–Kier alpha value is -7.88. The molecular weight excluding hydrogens is 717 g/mol. The lowest BCUT2D eigenvalue weighted by atomic mass is 9.91. The molecule has 59 heavy (non-hydrogen) atoms. The van der Waals surface area contributed by atoms with Crippen LogP contribution in [0.3, 0.4) is 0 Å². The van der Waals surface area contributed by atoms with Gasteiger partial charge in [-0.05, 0) is 72.6 Å². The van der Waals surface area contributed by atoms with E-state index in [9.17, 15) is 0 Å². The number of rotatable bonds is 5. The average Bonchev–Trinajstić information content (AvgIpc) is 3.71. The van der Waals surface area contributed by atoms with Gasteiger partial charge in [0, 0.05) is 38.4 Å². The predicted octanol–water partition coefficient (Wildman–Crippen LogP) is 15.3. The van der Waals surface area contributed by atoms with Crippen LogP contribution < -0.4 is 0 Å². The lowest BCUT2D eigenvalue weighted by Gasteiger charge is -2.12. The van der Waals surface area contributed by atoms with Gasteiger partial charge in [-0.15, -0.1) is 0 Å². The molecule has 2 heterocycles. The zero-order valence-corrected chi connectivity index (χ0v) is 31.9. The Kier molecular flexibility index (Phi) is 7.54. The molecule has 0 saturated carbocycles. The quantitative estimate of drug-likeness (QED) is 0.164. The van der Waals surface area contributed by atoms with Gasteiger partial charge in [0.1, 0.15) is 11.2 Å². The topological polar surface area (TPSA) is 38.9 Å². The molecule has 0 amide bonds. The summed E-state index contributed by atoms with van der Waals surface area (Å²) in [4.78, 5) is 10.1. The molecule has 0 spiro atoms. The van der Waals surface area contributed by atoms with Crippen LogP contribution in [0.5, 0.6) is 0 Å². The maximum atomic E-state index is 6.97. The van der Waals surface area contributed by atoms with E-state index >= 15 is 0 Å². The van der Waals surface area contributed by atoms with Crippen molar-refractivity contribution in [2.45, 2.75) is 0 Å². The molecular formula is C56H34N2O. The number of hydrogen-bond donors (Lipinski definition) is 0. The van der Waals surface area contributed by atoms with Crippen LogP contribution in [-0.4, -0.2) is 9.97 Å². The molecule has 0 bridgehead atoms. The van der Waals surface area contributed by atoms with Crippen LogP contribution in [0.1, 0.15) is 0 Å². The fourth-order valence-electron chi connectivity index (χ4n) is 9.05. The number of hydrogen-bond acceptors (Lipinski definition) is 3. The summed E-state index contributed by atoms with van der Waals surface area (Å²) >= 11 is 0. The van der Waals surface area contributed by atoms with Crippen molar-refractivity contribution in [2.24, 2.45) is 0 Å². The van der Waals surface area contributed by atoms with Gasteiger partial charge in [0.2, 0.25) is 0 Å². The van der Waals surface area contributed by atoms with E-state index in [4.69, 9.17) is 14.4 Å². The molecule has 0 unspecified atom stereocenters. The van der Waals surface area contributed by atoms with E-state index in [2.05, 4.69) is 170 Å². The summed E-state index contributed by atoms with van der Waals surface area (Å²) in [5.41, 5.74) is 11.2. The summed E-state index contributed by atoms with van der Waals surface area (Å²) in [7, 11) is 0. The normalized spacial score (nSPS) is 11.7. The van der Waals surface area contributed by atoms with Gasteiger partial charge in [0.25, 0.3) is 0 Å². The van der Waals surface area contributed by atoms with Crippen LogP contribution in [-0.2, 0) is 0 Å². The Morgan fingerprint density at radius 1 is 0.254 bits per heavy atom. The maximum Gasteiger partial charge on any atom is 0.160 e. The third-order valence-corrected chi connectivity index (χ3v) is 11.9. The van der Waals surface area contributed by atoms with E-state index in [1.807, 2.05) is 36.4 Å². The molecule has 0 aliphatic rings. The smallest absolute Gasteiger partial charge is 0.160 e. The van der Waals surface area contributed by atoms with E-state index in [0.29, 0.717) is 5.82 Å². The first-order chi connectivity index (χ1) is 29.2. The first-order valence-electron chi connectivity index (χ1n) is 20.1. The lowest BCUT2D eigenvalue weighted by molar-refractivity contribution is 0.674. The van der Waals surface area contributed by atoms with Crippen LogP contribution in [0.4, 0.5) is 0 Å². The van der Waals surface area contributed by atoms with Crippen molar-refractivity contribution in [3.05, 3.63) is 206 Å². The van der Waals surface area contributed by atoms with Gasteiger partial charge in [-0.3, -0.25) is 0 Å². The predicted molar refractivity (Wildman–Crippen MR) is 247 cm³/mol.